The minimum Gasteiger partial charge on any atom is -0.478 e. The van der Waals surface area contributed by atoms with Gasteiger partial charge in [0.2, 0.25) is 10.0 Å². The van der Waals surface area contributed by atoms with E-state index in [0.29, 0.717) is 6.54 Å². The standard InChI is InChI=1S/C16H17FN2O4S2/c17-14-2-1-12(9-13(14)16(20)21)25(22,23)18-5-7-19-6-3-15-11(10-19)4-8-24-15/h1-2,4,8-9,18H,3,5-7,10H2,(H,20,21). The van der Waals surface area contributed by atoms with Gasteiger partial charge in [0.15, 0.2) is 0 Å². The van der Waals surface area contributed by atoms with Crippen LogP contribution in [-0.2, 0) is 23.0 Å². The number of carboxylic acid groups (broad SMARTS) is 1. The molecule has 25 heavy (non-hydrogen) atoms. The molecule has 134 valence electrons. The molecule has 0 atom stereocenters. The molecule has 9 heteroatoms. The number of hydrogen-bond donors (Lipinski definition) is 2. The smallest absolute Gasteiger partial charge is 0.338 e. The molecule has 0 unspecified atom stereocenters. The lowest BCUT2D eigenvalue weighted by molar-refractivity contribution is 0.0691. The van der Waals surface area contributed by atoms with Crippen molar-refractivity contribution in [2.45, 2.75) is 17.9 Å². The number of benzene rings is 1. The van der Waals surface area contributed by atoms with Crippen molar-refractivity contribution in [2.75, 3.05) is 19.6 Å². The summed E-state index contributed by atoms with van der Waals surface area (Å²) in [4.78, 5) is 14.2. The Kier molecular flexibility index (Phi) is 5.19. The van der Waals surface area contributed by atoms with Gasteiger partial charge in [-0.25, -0.2) is 22.3 Å². The van der Waals surface area contributed by atoms with Crippen LogP contribution in [-0.4, -0.2) is 44.0 Å². The number of hydrogen-bond acceptors (Lipinski definition) is 5. The predicted molar refractivity (Wildman–Crippen MR) is 91.8 cm³/mol. The summed E-state index contributed by atoms with van der Waals surface area (Å²) < 4.78 is 40.4. The zero-order valence-electron chi connectivity index (χ0n) is 13.2. The van der Waals surface area contributed by atoms with Crippen molar-refractivity contribution in [3.63, 3.8) is 0 Å². The highest BCUT2D eigenvalue weighted by molar-refractivity contribution is 7.89. The molecule has 0 bridgehead atoms. The second-order valence-electron chi connectivity index (χ2n) is 5.74. The van der Waals surface area contributed by atoms with Gasteiger partial charge in [-0.2, -0.15) is 0 Å². The average molecular weight is 384 g/mol. The molecular weight excluding hydrogens is 367 g/mol. The normalized spacial score (nSPS) is 15.1. The quantitative estimate of drug-likeness (QED) is 0.795. The van der Waals surface area contributed by atoms with Crippen molar-refractivity contribution in [1.82, 2.24) is 9.62 Å². The van der Waals surface area contributed by atoms with Crippen LogP contribution in [0.1, 0.15) is 20.8 Å². The summed E-state index contributed by atoms with van der Waals surface area (Å²) >= 11 is 1.74. The largest absolute Gasteiger partial charge is 0.478 e. The third-order valence-electron chi connectivity index (χ3n) is 4.09. The fourth-order valence-electron chi connectivity index (χ4n) is 2.75. The van der Waals surface area contributed by atoms with E-state index >= 15 is 0 Å². The molecule has 0 amide bonds. The van der Waals surface area contributed by atoms with Crippen LogP contribution in [0.3, 0.4) is 0 Å². The molecule has 0 saturated carbocycles. The minimum absolute atomic E-state index is 0.196. The topological polar surface area (TPSA) is 86.7 Å². The van der Waals surface area contributed by atoms with E-state index < -0.39 is 27.4 Å². The predicted octanol–water partition coefficient (Wildman–Crippen LogP) is 1.92. The average Bonchev–Trinajstić information content (AvgIpc) is 3.02. The SMILES string of the molecule is O=C(O)c1cc(S(=O)(=O)NCCN2CCc3sccc3C2)ccc1F. The van der Waals surface area contributed by atoms with Gasteiger partial charge in [0.25, 0.3) is 0 Å². The lowest BCUT2D eigenvalue weighted by Gasteiger charge is -2.26. The first-order chi connectivity index (χ1) is 11.9. The van der Waals surface area contributed by atoms with Gasteiger partial charge in [0.1, 0.15) is 5.82 Å². The second-order valence-corrected chi connectivity index (χ2v) is 8.51. The molecule has 6 nitrogen and oxygen atoms in total. The summed E-state index contributed by atoms with van der Waals surface area (Å²) in [5.74, 6) is -2.47. The molecule has 1 aliphatic rings. The number of rotatable bonds is 6. The van der Waals surface area contributed by atoms with E-state index in [-0.39, 0.29) is 11.4 Å². The van der Waals surface area contributed by atoms with Gasteiger partial charge in [0, 0.05) is 31.1 Å². The van der Waals surface area contributed by atoms with Crippen molar-refractivity contribution in [3.8, 4) is 0 Å². The molecule has 0 saturated heterocycles. The third-order valence-corrected chi connectivity index (χ3v) is 6.57. The Hall–Kier alpha value is -1.81. The van der Waals surface area contributed by atoms with Crippen LogP contribution in [0, 0.1) is 5.82 Å². The molecule has 3 rings (SSSR count). The fraction of sp³-hybridized carbons (Fsp3) is 0.312. The van der Waals surface area contributed by atoms with Gasteiger partial charge in [-0.15, -0.1) is 11.3 Å². The number of sulfonamides is 1. The van der Waals surface area contributed by atoms with Crippen molar-refractivity contribution in [2.24, 2.45) is 0 Å². The van der Waals surface area contributed by atoms with Gasteiger partial charge in [-0.3, -0.25) is 4.90 Å². The van der Waals surface area contributed by atoms with Gasteiger partial charge in [0.05, 0.1) is 10.5 Å². The lowest BCUT2D eigenvalue weighted by atomic mass is 10.1. The summed E-state index contributed by atoms with van der Waals surface area (Å²) in [6.45, 7) is 2.40. The molecule has 2 heterocycles. The Balaban J connectivity index is 1.61. The van der Waals surface area contributed by atoms with Gasteiger partial charge >= 0.3 is 5.97 Å². The zero-order valence-corrected chi connectivity index (χ0v) is 14.9. The van der Waals surface area contributed by atoms with E-state index in [9.17, 15) is 17.6 Å². The number of fused-ring (bicyclic) bond motifs is 1. The molecule has 1 aromatic heterocycles. The van der Waals surface area contributed by atoms with E-state index in [0.717, 1.165) is 37.7 Å². The van der Waals surface area contributed by atoms with Crippen LogP contribution in [0.4, 0.5) is 4.39 Å². The Morgan fingerprint density at radius 2 is 2.16 bits per heavy atom. The van der Waals surface area contributed by atoms with Crippen LogP contribution in [0.15, 0.2) is 34.5 Å². The summed E-state index contributed by atoms with van der Waals surface area (Å²) in [5.41, 5.74) is 0.618. The molecule has 2 N–H and O–H groups in total. The molecule has 1 aromatic carbocycles. The highest BCUT2D eigenvalue weighted by Gasteiger charge is 2.20. The lowest BCUT2D eigenvalue weighted by Crippen LogP contribution is -2.37. The molecule has 0 aliphatic carbocycles. The fourth-order valence-corrected chi connectivity index (χ4v) is 4.69. The number of carboxylic acids is 1. The second kappa shape index (κ2) is 7.20. The van der Waals surface area contributed by atoms with Crippen molar-refractivity contribution in [1.29, 1.82) is 0 Å². The van der Waals surface area contributed by atoms with Crippen LogP contribution in [0.2, 0.25) is 0 Å². The Bertz CT molecular complexity index is 895. The Morgan fingerprint density at radius 1 is 1.36 bits per heavy atom. The van der Waals surface area contributed by atoms with Gasteiger partial charge in [-0.05, 0) is 41.6 Å². The van der Waals surface area contributed by atoms with E-state index in [1.54, 1.807) is 11.3 Å². The molecule has 1 aliphatic heterocycles. The Morgan fingerprint density at radius 3 is 2.92 bits per heavy atom. The summed E-state index contributed by atoms with van der Waals surface area (Å²) in [7, 11) is -3.89. The van der Waals surface area contributed by atoms with E-state index in [1.165, 1.54) is 10.4 Å². The molecule has 0 radical (unpaired) electrons. The van der Waals surface area contributed by atoms with Crippen molar-refractivity contribution in [3.05, 3.63) is 51.5 Å². The Labute approximate surface area is 149 Å². The first kappa shape index (κ1) is 18.0. The van der Waals surface area contributed by atoms with Crippen LogP contribution in [0.5, 0.6) is 0 Å². The monoisotopic (exact) mass is 384 g/mol. The number of aromatic carboxylic acids is 1. The molecule has 0 fully saturated rings. The first-order valence-electron chi connectivity index (χ1n) is 7.67. The number of halogens is 1. The van der Waals surface area contributed by atoms with Crippen molar-refractivity contribution >= 4 is 27.3 Å². The van der Waals surface area contributed by atoms with E-state index in [4.69, 9.17) is 5.11 Å². The van der Waals surface area contributed by atoms with Crippen LogP contribution >= 0.6 is 11.3 Å². The van der Waals surface area contributed by atoms with Gasteiger partial charge in [-0.1, -0.05) is 0 Å². The van der Waals surface area contributed by atoms with E-state index in [1.807, 2.05) is 0 Å². The number of nitrogens with zero attached hydrogens (tertiary/aromatic N) is 1. The number of thiophene rings is 1. The molecular formula is C16H17FN2O4S2. The third kappa shape index (κ3) is 4.06. The zero-order chi connectivity index (χ0) is 18.0. The summed E-state index contributed by atoms with van der Waals surface area (Å²) in [5, 5.41) is 11.0. The molecule has 2 aromatic rings. The van der Waals surface area contributed by atoms with Crippen molar-refractivity contribution < 1.29 is 22.7 Å². The summed E-state index contributed by atoms with van der Waals surface area (Å²) in [6.07, 6.45) is 0.958. The van der Waals surface area contributed by atoms with Gasteiger partial charge < -0.3 is 5.11 Å². The molecule has 0 spiro atoms. The van der Waals surface area contributed by atoms with Crippen LogP contribution in [0.25, 0.3) is 0 Å². The summed E-state index contributed by atoms with van der Waals surface area (Å²) in [6, 6.07) is 4.82. The highest BCUT2D eigenvalue weighted by Crippen LogP contribution is 2.23. The first-order valence-corrected chi connectivity index (χ1v) is 10.0. The minimum atomic E-state index is -3.89. The number of carbonyl (C=O) groups is 1. The van der Waals surface area contributed by atoms with E-state index in [2.05, 4.69) is 21.1 Å². The maximum atomic E-state index is 13.4. The maximum Gasteiger partial charge on any atom is 0.338 e. The maximum absolute atomic E-state index is 13.4. The highest BCUT2D eigenvalue weighted by atomic mass is 32.2. The number of nitrogens with one attached hydrogen (secondary N) is 1. The van der Waals surface area contributed by atoms with Crippen LogP contribution < -0.4 is 4.72 Å².